The van der Waals surface area contributed by atoms with Gasteiger partial charge in [-0.1, -0.05) is 6.07 Å². The SMILES string of the molecule is Cc1c([C@@H](O)CN2CCC3(CC2)CCN(c2snc4cccnc24)C3=O)ccc2c1COC2=O. The number of benzene rings is 1. The van der Waals surface area contributed by atoms with E-state index in [9.17, 15) is 14.7 Å². The van der Waals surface area contributed by atoms with Crippen LogP contribution in [0.1, 0.15) is 52.4 Å². The number of hydrogen-bond acceptors (Lipinski definition) is 8. The molecule has 2 aromatic heterocycles. The second-order valence-corrected chi connectivity index (χ2v) is 10.3. The lowest BCUT2D eigenvalue weighted by molar-refractivity contribution is -0.128. The normalized spacial score (nSPS) is 20.8. The average molecular weight is 479 g/mol. The van der Waals surface area contributed by atoms with Crippen molar-refractivity contribution in [1.29, 1.82) is 0 Å². The Morgan fingerprint density at radius 1 is 1.18 bits per heavy atom. The highest BCUT2D eigenvalue weighted by Gasteiger charge is 2.49. The second kappa shape index (κ2) is 8.11. The molecule has 6 rings (SSSR count). The number of likely N-dealkylation sites (tertiary alicyclic amines) is 1. The Hall–Kier alpha value is -2.88. The molecular weight excluding hydrogens is 452 g/mol. The Bertz CT molecular complexity index is 1300. The monoisotopic (exact) mass is 478 g/mol. The zero-order valence-corrected chi connectivity index (χ0v) is 19.8. The number of carbonyl (C=O) groups excluding carboxylic acids is 2. The molecule has 0 aliphatic carbocycles. The number of fused-ring (bicyclic) bond motifs is 2. The summed E-state index contributed by atoms with van der Waals surface area (Å²) >= 11 is 1.35. The van der Waals surface area contributed by atoms with E-state index in [0.29, 0.717) is 18.7 Å². The van der Waals surface area contributed by atoms with Crippen LogP contribution in [0, 0.1) is 12.3 Å². The summed E-state index contributed by atoms with van der Waals surface area (Å²) in [6.07, 6.45) is 3.50. The van der Waals surface area contributed by atoms with Gasteiger partial charge in [0.05, 0.1) is 17.1 Å². The number of aromatic nitrogens is 2. The third-order valence-electron chi connectivity index (χ3n) is 7.79. The highest BCUT2D eigenvalue weighted by molar-refractivity contribution is 7.12. The molecule has 1 atom stereocenters. The fraction of sp³-hybridized carbons (Fsp3) is 0.440. The standard InChI is InChI=1S/C25H26N4O4S/c1-15-16(4-5-17-18(15)14-33-23(17)31)20(30)13-28-10-6-25(7-11-28)8-12-29(24(25)32)22-21-19(27-34-22)3-2-9-26-21/h2-5,9,20,30H,6-8,10-14H2,1H3/t20-/m0/s1. The van der Waals surface area contributed by atoms with Crippen molar-refractivity contribution in [3.05, 3.63) is 52.7 Å². The number of nitrogens with zero attached hydrogens (tertiary/aromatic N) is 4. The molecule has 1 spiro atoms. The van der Waals surface area contributed by atoms with E-state index in [4.69, 9.17) is 4.74 Å². The maximum atomic E-state index is 13.5. The Balaban J connectivity index is 1.13. The van der Waals surface area contributed by atoms with Crippen molar-refractivity contribution >= 4 is 39.4 Å². The summed E-state index contributed by atoms with van der Waals surface area (Å²) in [6.45, 7) is 4.95. The first-order chi connectivity index (χ1) is 16.5. The lowest BCUT2D eigenvalue weighted by Crippen LogP contribution is -2.45. The van der Waals surface area contributed by atoms with Gasteiger partial charge >= 0.3 is 5.97 Å². The molecule has 5 heterocycles. The number of rotatable bonds is 4. The van der Waals surface area contributed by atoms with E-state index >= 15 is 0 Å². The van der Waals surface area contributed by atoms with Crippen molar-refractivity contribution in [2.45, 2.75) is 38.9 Å². The molecular formula is C25H26N4O4S. The highest BCUT2D eigenvalue weighted by Crippen LogP contribution is 2.45. The van der Waals surface area contributed by atoms with Crippen LogP contribution in [0.3, 0.4) is 0 Å². The molecule has 3 aliphatic heterocycles. The predicted octanol–water partition coefficient (Wildman–Crippen LogP) is 3.22. The van der Waals surface area contributed by atoms with Crippen molar-refractivity contribution in [3.63, 3.8) is 0 Å². The molecule has 0 radical (unpaired) electrons. The van der Waals surface area contributed by atoms with Crippen molar-refractivity contribution in [3.8, 4) is 0 Å². The molecule has 34 heavy (non-hydrogen) atoms. The number of aliphatic hydroxyl groups excluding tert-OH is 1. The number of pyridine rings is 1. The van der Waals surface area contributed by atoms with Gasteiger partial charge in [-0.15, -0.1) is 0 Å². The maximum Gasteiger partial charge on any atom is 0.338 e. The highest BCUT2D eigenvalue weighted by atomic mass is 32.1. The molecule has 9 heteroatoms. The van der Waals surface area contributed by atoms with Crippen LogP contribution in [0.15, 0.2) is 30.5 Å². The minimum atomic E-state index is -0.652. The zero-order chi connectivity index (χ0) is 23.4. The van der Waals surface area contributed by atoms with Crippen molar-refractivity contribution < 1.29 is 19.4 Å². The number of cyclic esters (lactones) is 1. The van der Waals surface area contributed by atoms with Gasteiger partial charge in [-0.25, -0.2) is 4.79 Å². The number of piperidine rings is 1. The number of hydrogen-bond donors (Lipinski definition) is 1. The van der Waals surface area contributed by atoms with Crippen LogP contribution in [0.25, 0.3) is 11.0 Å². The van der Waals surface area contributed by atoms with Crippen LogP contribution in [0.2, 0.25) is 0 Å². The lowest BCUT2D eigenvalue weighted by Gasteiger charge is -2.38. The summed E-state index contributed by atoms with van der Waals surface area (Å²) in [4.78, 5) is 33.9. The predicted molar refractivity (Wildman–Crippen MR) is 128 cm³/mol. The largest absolute Gasteiger partial charge is 0.457 e. The first kappa shape index (κ1) is 21.6. The van der Waals surface area contributed by atoms with E-state index in [1.54, 1.807) is 12.3 Å². The number of amides is 1. The Labute approximate surface area is 201 Å². The third-order valence-corrected chi connectivity index (χ3v) is 8.66. The molecule has 0 unspecified atom stereocenters. The Morgan fingerprint density at radius 2 is 1.97 bits per heavy atom. The van der Waals surface area contributed by atoms with E-state index < -0.39 is 6.10 Å². The van der Waals surface area contributed by atoms with Gasteiger partial charge in [0.25, 0.3) is 0 Å². The first-order valence-electron chi connectivity index (χ1n) is 11.7. The van der Waals surface area contributed by atoms with Crippen molar-refractivity contribution in [1.82, 2.24) is 14.3 Å². The van der Waals surface area contributed by atoms with E-state index in [1.165, 1.54) is 11.5 Å². The van der Waals surface area contributed by atoms with Crippen LogP contribution >= 0.6 is 11.5 Å². The van der Waals surface area contributed by atoms with Gasteiger partial charge in [-0.2, -0.15) is 4.37 Å². The fourth-order valence-corrected chi connectivity index (χ4v) is 6.51. The van der Waals surface area contributed by atoms with Crippen molar-refractivity contribution in [2.75, 3.05) is 31.1 Å². The van der Waals surface area contributed by atoms with Gasteiger partial charge in [-0.05, 0) is 80.1 Å². The Morgan fingerprint density at radius 3 is 2.79 bits per heavy atom. The second-order valence-electron chi connectivity index (χ2n) is 9.54. The Kier molecular flexibility index (Phi) is 5.16. The van der Waals surface area contributed by atoms with E-state index in [0.717, 1.165) is 65.1 Å². The summed E-state index contributed by atoms with van der Waals surface area (Å²) < 4.78 is 9.60. The topological polar surface area (TPSA) is 95.9 Å². The third kappa shape index (κ3) is 3.33. The number of esters is 1. The van der Waals surface area contributed by atoms with E-state index in [-0.39, 0.29) is 23.9 Å². The summed E-state index contributed by atoms with van der Waals surface area (Å²) in [7, 11) is 0. The fourth-order valence-electron chi connectivity index (χ4n) is 5.66. The molecule has 0 bridgehead atoms. The summed E-state index contributed by atoms with van der Waals surface area (Å²) in [5.41, 5.74) is 4.53. The van der Waals surface area contributed by atoms with Crippen LogP contribution in [-0.2, 0) is 16.1 Å². The molecule has 1 N–H and O–H groups in total. The van der Waals surface area contributed by atoms with Gasteiger partial charge in [0.1, 0.15) is 22.6 Å². The van der Waals surface area contributed by atoms with Gasteiger partial charge < -0.3 is 19.6 Å². The lowest BCUT2D eigenvalue weighted by atomic mass is 9.77. The van der Waals surface area contributed by atoms with E-state index in [2.05, 4.69) is 14.3 Å². The minimum Gasteiger partial charge on any atom is -0.457 e. The molecule has 3 aliphatic rings. The average Bonchev–Trinajstić information content (AvgIpc) is 3.53. The zero-order valence-electron chi connectivity index (χ0n) is 19.0. The number of anilines is 1. The quantitative estimate of drug-likeness (QED) is 0.575. The van der Waals surface area contributed by atoms with Crippen molar-refractivity contribution in [2.24, 2.45) is 5.41 Å². The number of ether oxygens (including phenoxy) is 1. The molecule has 2 fully saturated rings. The molecule has 176 valence electrons. The van der Waals surface area contributed by atoms with Crippen LogP contribution in [-0.4, -0.2) is 57.4 Å². The summed E-state index contributed by atoms with van der Waals surface area (Å²) in [5.74, 6) is -0.110. The number of carbonyl (C=O) groups is 2. The van der Waals surface area contributed by atoms with Gasteiger partial charge in [0.15, 0.2) is 0 Å². The maximum absolute atomic E-state index is 13.5. The van der Waals surface area contributed by atoms with Crippen LogP contribution in [0.5, 0.6) is 0 Å². The number of β-amino-alcohol motifs (C(OH)–C–C–N with tert-alkyl or cyclic N) is 1. The smallest absolute Gasteiger partial charge is 0.338 e. The summed E-state index contributed by atoms with van der Waals surface area (Å²) in [6, 6.07) is 7.38. The molecule has 1 aromatic carbocycles. The van der Waals surface area contributed by atoms with Gasteiger partial charge in [0.2, 0.25) is 5.91 Å². The minimum absolute atomic E-state index is 0.183. The van der Waals surface area contributed by atoms with Crippen LogP contribution < -0.4 is 4.90 Å². The molecule has 1 amide bonds. The molecule has 3 aromatic rings. The molecule has 8 nitrogen and oxygen atoms in total. The van der Waals surface area contributed by atoms with E-state index in [1.807, 2.05) is 30.0 Å². The van der Waals surface area contributed by atoms with Gasteiger partial charge in [-0.3, -0.25) is 9.78 Å². The molecule has 0 saturated carbocycles. The summed E-state index contributed by atoms with van der Waals surface area (Å²) in [5, 5.41) is 11.8. The number of aliphatic hydroxyl groups is 1. The first-order valence-corrected chi connectivity index (χ1v) is 12.5. The molecule has 2 saturated heterocycles. The van der Waals surface area contributed by atoms with Crippen LogP contribution in [0.4, 0.5) is 5.00 Å². The van der Waals surface area contributed by atoms with Gasteiger partial charge in [0, 0.05) is 24.8 Å².